The van der Waals surface area contributed by atoms with Gasteiger partial charge < -0.3 is 4.74 Å². The molecule has 3 heteroatoms. The van der Waals surface area contributed by atoms with E-state index in [1.807, 2.05) is 12.1 Å². The van der Waals surface area contributed by atoms with E-state index in [4.69, 9.17) is 4.74 Å². The number of carbonyl (C=O) groups is 2. The van der Waals surface area contributed by atoms with Crippen molar-refractivity contribution in [2.45, 2.75) is 26.7 Å². The van der Waals surface area contributed by atoms with Gasteiger partial charge in [-0.05, 0) is 41.2 Å². The van der Waals surface area contributed by atoms with Crippen LogP contribution < -0.4 is 0 Å². The number of methoxy groups -OCH3 is 1. The van der Waals surface area contributed by atoms with Crippen LogP contribution in [0.25, 0.3) is 5.57 Å². The number of esters is 1. The van der Waals surface area contributed by atoms with Gasteiger partial charge in [-0.2, -0.15) is 0 Å². The zero-order valence-corrected chi connectivity index (χ0v) is 11.5. The minimum Gasteiger partial charge on any atom is -0.465 e. The lowest BCUT2D eigenvalue weighted by molar-refractivity contribution is -0.116. The summed E-state index contributed by atoms with van der Waals surface area (Å²) in [4.78, 5) is 23.3. The van der Waals surface area contributed by atoms with E-state index < -0.39 is 0 Å². The van der Waals surface area contributed by atoms with Crippen LogP contribution in [0.5, 0.6) is 0 Å². The predicted octanol–water partition coefficient (Wildman–Crippen LogP) is 3.25. The number of carbonyl (C=O) groups excluding carboxylic acids is 2. The normalized spacial score (nSPS) is 17.8. The van der Waals surface area contributed by atoms with Crippen LogP contribution in [0, 0.1) is 5.41 Å². The van der Waals surface area contributed by atoms with Gasteiger partial charge in [0.1, 0.15) is 0 Å². The molecule has 1 aliphatic rings. The van der Waals surface area contributed by atoms with Crippen LogP contribution in [-0.2, 0) is 9.53 Å². The quantitative estimate of drug-likeness (QED) is 0.765. The van der Waals surface area contributed by atoms with Crippen molar-refractivity contribution in [3.8, 4) is 0 Å². The van der Waals surface area contributed by atoms with Crippen LogP contribution in [-0.4, -0.2) is 18.9 Å². The standard InChI is InChI=1S/C16H18O3/c1-16(2)9-13(8-14(17)10-16)11-5-4-6-12(7-11)15(18)19-3/h4-8H,9-10H2,1-3H3. The van der Waals surface area contributed by atoms with Crippen LogP contribution in [0.4, 0.5) is 0 Å². The van der Waals surface area contributed by atoms with Gasteiger partial charge in [-0.15, -0.1) is 0 Å². The number of hydrogen-bond donors (Lipinski definition) is 0. The zero-order chi connectivity index (χ0) is 14.0. The molecule has 1 aromatic carbocycles. The van der Waals surface area contributed by atoms with E-state index >= 15 is 0 Å². The molecule has 0 saturated heterocycles. The summed E-state index contributed by atoms with van der Waals surface area (Å²) in [7, 11) is 1.36. The van der Waals surface area contributed by atoms with Gasteiger partial charge in [-0.1, -0.05) is 26.0 Å². The van der Waals surface area contributed by atoms with Crippen molar-refractivity contribution < 1.29 is 14.3 Å². The summed E-state index contributed by atoms with van der Waals surface area (Å²) >= 11 is 0. The summed E-state index contributed by atoms with van der Waals surface area (Å²) in [5.41, 5.74) is 2.40. The molecule has 0 fully saturated rings. The number of hydrogen-bond acceptors (Lipinski definition) is 3. The lowest BCUT2D eigenvalue weighted by atomic mass is 9.75. The van der Waals surface area contributed by atoms with Crippen LogP contribution in [0.15, 0.2) is 30.3 Å². The Morgan fingerprint density at radius 1 is 1.26 bits per heavy atom. The summed E-state index contributed by atoms with van der Waals surface area (Å²) in [5, 5.41) is 0. The van der Waals surface area contributed by atoms with E-state index in [0.29, 0.717) is 12.0 Å². The minimum atomic E-state index is -0.358. The van der Waals surface area contributed by atoms with Crippen molar-refractivity contribution in [2.24, 2.45) is 5.41 Å². The Kier molecular flexibility index (Phi) is 3.56. The summed E-state index contributed by atoms with van der Waals surface area (Å²) in [6.07, 6.45) is 3.11. The highest BCUT2D eigenvalue weighted by Crippen LogP contribution is 2.38. The van der Waals surface area contributed by atoms with Crippen LogP contribution in [0.1, 0.15) is 42.6 Å². The van der Waals surface area contributed by atoms with Gasteiger partial charge in [0.2, 0.25) is 0 Å². The van der Waals surface area contributed by atoms with E-state index in [-0.39, 0.29) is 17.2 Å². The summed E-state index contributed by atoms with van der Waals surface area (Å²) < 4.78 is 4.72. The molecule has 19 heavy (non-hydrogen) atoms. The second-order valence-corrected chi connectivity index (χ2v) is 5.73. The molecule has 0 heterocycles. The van der Waals surface area contributed by atoms with Gasteiger partial charge in [0.25, 0.3) is 0 Å². The van der Waals surface area contributed by atoms with Gasteiger partial charge in [0.15, 0.2) is 5.78 Å². The van der Waals surface area contributed by atoms with E-state index in [1.165, 1.54) is 7.11 Å². The number of rotatable bonds is 2. The Balaban J connectivity index is 2.37. The third-order valence-electron chi connectivity index (χ3n) is 3.31. The number of ether oxygens (including phenoxy) is 1. The molecule has 100 valence electrons. The smallest absolute Gasteiger partial charge is 0.337 e. The monoisotopic (exact) mass is 258 g/mol. The lowest BCUT2D eigenvalue weighted by Gasteiger charge is -2.29. The third kappa shape index (κ3) is 3.11. The zero-order valence-electron chi connectivity index (χ0n) is 11.5. The first-order valence-corrected chi connectivity index (χ1v) is 6.33. The molecule has 0 spiro atoms. The maximum absolute atomic E-state index is 11.8. The van der Waals surface area contributed by atoms with Crippen molar-refractivity contribution >= 4 is 17.3 Å². The molecule has 0 unspecified atom stereocenters. The molecule has 0 radical (unpaired) electrons. The largest absolute Gasteiger partial charge is 0.465 e. The van der Waals surface area contributed by atoms with Gasteiger partial charge in [-0.25, -0.2) is 4.79 Å². The van der Waals surface area contributed by atoms with Crippen molar-refractivity contribution in [3.05, 3.63) is 41.5 Å². The SMILES string of the molecule is COC(=O)c1cccc(C2=CC(=O)CC(C)(C)C2)c1. The molecule has 0 bridgehead atoms. The van der Waals surface area contributed by atoms with Crippen LogP contribution >= 0.6 is 0 Å². The summed E-state index contributed by atoms with van der Waals surface area (Å²) in [5.74, 6) is -0.210. The van der Waals surface area contributed by atoms with Crippen molar-refractivity contribution in [1.29, 1.82) is 0 Å². The van der Waals surface area contributed by atoms with Crippen molar-refractivity contribution in [3.63, 3.8) is 0 Å². The molecule has 1 aromatic rings. The van der Waals surface area contributed by atoms with Gasteiger partial charge >= 0.3 is 5.97 Å². The second-order valence-electron chi connectivity index (χ2n) is 5.73. The Morgan fingerprint density at radius 3 is 2.63 bits per heavy atom. The van der Waals surface area contributed by atoms with Crippen LogP contribution in [0.3, 0.4) is 0 Å². The highest BCUT2D eigenvalue weighted by Gasteiger charge is 2.28. The second kappa shape index (κ2) is 5.00. The Bertz CT molecular complexity index is 553. The lowest BCUT2D eigenvalue weighted by Crippen LogP contribution is -2.21. The molecule has 0 N–H and O–H groups in total. The fraction of sp³-hybridized carbons (Fsp3) is 0.375. The molecule has 0 atom stereocenters. The van der Waals surface area contributed by atoms with E-state index in [0.717, 1.165) is 17.6 Å². The number of benzene rings is 1. The molecule has 1 aliphatic carbocycles. The summed E-state index contributed by atoms with van der Waals surface area (Å²) in [6, 6.07) is 7.24. The molecule has 0 aromatic heterocycles. The molecule has 0 saturated carbocycles. The topological polar surface area (TPSA) is 43.4 Å². The van der Waals surface area contributed by atoms with Crippen LogP contribution in [0.2, 0.25) is 0 Å². The Hall–Kier alpha value is -1.90. The fourth-order valence-corrected chi connectivity index (χ4v) is 2.50. The third-order valence-corrected chi connectivity index (χ3v) is 3.31. The van der Waals surface area contributed by atoms with Gasteiger partial charge in [-0.3, -0.25) is 4.79 Å². The number of ketones is 1. The maximum atomic E-state index is 11.8. The predicted molar refractivity (Wildman–Crippen MR) is 73.8 cm³/mol. The minimum absolute atomic E-state index is 0.0254. The van der Waals surface area contributed by atoms with E-state index in [1.54, 1.807) is 18.2 Å². The van der Waals surface area contributed by atoms with Crippen molar-refractivity contribution in [2.75, 3.05) is 7.11 Å². The summed E-state index contributed by atoms with van der Waals surface area (Å²) in [6.45, 7) is 4.17. The molecular formula is C16H18O3. The molecule has 0 amide bonds. The highest BCUT2D eigenvalue weighted by atomic mass is 16.5. The first kappa shape index (κ1) is 13.5. The molecule has 0 aliphatic heterocycles. The van der Waals surface area contributed by atoms with Crippen molar-refractivity contribution in [1.82, 2.24) is 0 Å². The van der Waals surface area contributed by atoms with Gasteiger partial charge in [0.05, 0.1) is 12.7 Å². The first-order valence-electron chi connectivity index (χ1n) is 6.33. The maximum Gasteiger partial charge on any atom is 0.337 e. The Morgan fingerprint density at radius 2 is 2.00 bits per heavy atom. The molecule has 2 rings (SSSR count). The average molecular weight is 258 g/mol. The molecular weight excluding hydrogens is 240 g/mol. The van der Waals surface area contributed by atoms with Gasteiger partial charge in [0, 0.05) is 6.42 Å². The Labute approximate surface area is 113 Å². The molecule has 3 nitrogen and oxygen atoms in total. The average Bonchev–Trinajstić information content (AvgIpc) is 2.35. The van der Waals surface area contributed by atoms with E-state index in [9.17, 15) is 9.59 Å². The number of allylic oxidation sites excluding steroid dienone is 2. The highest BCUT2D eigenvalue weighted by molar-refractivity contribution is 5.99. The fourth-order valence-electron chi connectivity index (χ4n) is 2.50. The van der Waals surface area contributed by atoms with E-state index in [2.05, 4.69) is 13.8 Å². The first-order chi connectivity index (χ1) is 8.91.